The zero-order valence-corrected chi connectivity index (χ0v) is 9.75. The molecule has 0 bridgehead atoms. The maximum atomic E-state index is 5.87. The lowest BCUT2D eigenvalue weighted by atomic mass is 10.0. The van der Waals surface area contributed by atoms with Crippen LogP contribution in [0.15, 0.2) is 12.1 Å². The Morgan fingerprint density at radius 2 is 2.07 bits per heavy atom. The molecule has 1 heterocycles. The minimum atomic E-state index is -0.135. The van der Waals surface area contributed by atoms with Gasteiger partial charge in [0.2, 0.25) is 0 Å². The van der Waals surface area contributed by atoms with Crippen LogP contribution in [-0.4, -0.2) is 22.3 Å². The van der Waals surface area contributed by atoms with E-state index < -0.39 is 0 Å². The molecular weight excluding hydrogens is 188 g/mol. The lowest BCUT2D eigenvalue weighted by Gasteiger charge is -2.18. The molecule has 1 rings (SSSR count). The average Bonchev–Trinajstić information content (AvgIpc) is 2.17. The summed E-state index contributed by atoms with van der Waals surface area (Å²) in [4.78, 5) is 0. The highest BCUT2D eigenvalue weighted by Gasteiger charge is 2.09. The monoisotopic (exact) mass is 208 g/mol. The van der Waals surface area contributed by atoms with Gasteiger partial charge in [-0.2, -0.15) is 5.10 Å². The quantitative estimate of drug-likeness (QED) is 0.771. The van der Waals surface area contributed by atoms with E-state index in [4.69, 9.17) is 5.73 Å². The van der Waals surface area contributed by atoms with Gasteiger partial charge in [0.05, 0.1) is 5.69 Å². The van der Waals surface area contributed by atoms with Gasteiger partial charge in [-0.05, 0) is 38.8 Å². The lowest BCUT2D eigenvalue weighted by molar-refractivity contribution is 0.490. The standard InChI is InChI=1S/C11H20N4/c1-4-9-5-6-10(15-14-9)13-8-7-11(2,3)12/h5-6H,4,7-8,12H2,1-3H3,(H,13,15). The van der Waals surface area contributed by atoms with Crippen LogP contribution in [0.4, 0.5) is 5.82 Å². The number of aryl methyl sites for hydroxylation is 1. The summed E-state index contributed by atoms with van der Waals surface area (Å²) in [6, 6.07) is 3.94. The van der Waals surface area contributed by atoms with E-state index in [1.54, 1.807) is 0 Å². The number of anilines is 1. The molecule has 0 radical (unpaired) electrons. The van der Waals surface area contributed by atoms with E-state index in [1.165, 1.54) is 0 Å². The number of hydrogen-bond donors (Lipinski definition) is 2. The first-order chi connectivity index (χ1) is 7.01. The number of nitrogens with zero attached hydrogens (tertiary/aromatic N) is 2. The van der Waals surface area contributed by atoms with Gasteiger partial charge in [-0.15, -0.1) is 5.10 Å². The Morgan fingerprint density at radius 1 is 1.33 bits per heavy atom. The lowest BCUT2D eigenvalue weighted by Crippen LogP contribution is -2.34. The molecule has 0 amide bonds. The first kappa shape index (κ1) is 11.9. The van der Waals surface area contributed by atoms with Crippen LogP contribution in [0, 0.1) is 0 Å². The van der Waals surface area contributed by atoms with Gasteiger partial charge in [-0.1, -0.05) is 6.92 Å². The van der Waals surface area contributed by atoms with Gasteiger partial charge in [-0.25, -0.2) is 0 Å². The maximum absolute atomic E-state index is 5.87. The van der Waals surface area contributed by atoms with Crippen molar-refractivity contribution in [2.24, 2.45) is 5.73 Å². The van der Waals surface area contributed by atoms with E-state index in [0.29, 0.717) is 0 Å². The third kappa shape index (κ3) is 4.74. The van der Waals surface area contributed by atoms with Crippen LogP contribution < -0.4 is 11.1 Å². The molecule has 0 spiro atoms. The normalized spacial score (nSPS) is 11.5. The zero-order valence-electron chi connectivity index (χ0n) is 9.75. The molecule has 0 aliphatic rings. The van der Waals surface area contributed by atoms with Crippen LogP contribution in [0.3, 0.4) is 0 Å². The molecule has 0 atom stereocenters. The Morgan fingerprint density at radius 3 is 2.53 bits per heavy atom. The number of hydrogen-bond acceptors (Lipinski definition) is 4. The van der Waals surface area contributed by atoms with Gasteiger partial charge < -0.3 is 11.1 Å². The molecule has 0 saturated carbocycles. The predicted octanol–water partition coefficient (Wildman–Crippen LogP) is 1.58. The van der Waals surface area contributed by atoms with Crippen molar-refractivity contribution in [2.45, 2.75) is 39.2 Å². The molecule has 1 aromatic heterocycles. The van der Waals surface area contributed by atoms with Gasteiger partial charge in [-0.3, -0.25) is 0 Å². The molecule has 15 heavy (non-hydrogen) atoms. The molecule has 1 aromatic rings. The van der Waals surface area contributed by atoms with Crippen molar-refractivity contribution < 1.29 is 0 Å². The predicted molar refractivity (Wildman–Crippen MR) is 62.8 cm³/mol. The Kier molecular flexibility index (Phi) is 4.03. The highest BCUT2D eigenvalue weighted by atomic mass is 15.2. The van der Waals surface area contributed by atoms with Gasteiger partial charge >= 0.3 is 0 Å². The van der Waals surface area contributed by atoms with E-state index in [-0.39, 0.29) is 5.54 Å². The third-order valence-electron chi connectivity index (χ3n) is 2.16. The molecule has 0 aromatic carbocycles. The minimum absolute atomic E-state index is 0.135. The topological polar surface area (TPSA) is 63.8 Å². The summed E-state index contributed by atoms with van der Waals surface area (Å²) in [6.07, 6.45) is 1.83. The summed E-state index contributed by atoms with van der Waals surface area (Å²) < 4.78 is 0. The van der Waals surface area contributed by atoms with Gasteiger partial charge in [0.25, 0.3) is 0 Å². The highest BCUT2D eigenvalue weighted by molar-refractivity contribution is 5.32. The molecule has 0 aliphatic heterocycles. The zero-order chi connectivity index (χ0) is 11.3. The summed E-state index contributed by atoms with van der Waals surface area (Å²) in [6.45, 7) is 6.92. The van der Waals surface area contributed by atoms with E-state index in [2.05, 4.69) is 22.4 Å². The van der Waals surface area contributed by atoms with Gasteiger partial charge in [0, 0.05) is 12.1 Å². The van der Waals surface area contributed by atoms with Crippen molar-refractivity contribution in [1.82, 2.24) is 10.2 Å². The molecule has 3 N–H and O–H groups in total. The molecule has 0 aliphatic carbocycles. The molecule has 0 saturated heterocycles. The first-order valence-electron chi connectivity index (χ1n) is 5.36. The van der Waals surface area contributed by atoms with Crippen molar-refractivity contribution in [2.75, 3.05) is 11.9 Å². The number of rotatable bonds is 5. The number of aromatic nitrogens is 2. The summed E-state index contributed by atoms with van der Waals surface area (Å²) in [5, 5.41) is 11.3. The van der Waals surface area contributed by atoms with Crippen LogP contribution in [0.2, 0.25) is 0 Å². The SMILES string of the molecule is CCc1ccc(NCCC(C)(C)N)nn1. The Balaban J connectivity index is 2.38. The summed E-state index contributed by atoms with van der Waals surface area (Å²) in [5.74, 6) is 0.816. The first-order valence-corrected chi connectivity index (χ1v) is 5.36. The van der Waals surface area contributed by atoms with Crippen LogP contribution >= 0.6 is 0 Å². The van der Waals surface area contributed by atoms with Gasteiger partial charge in [0.1, 0.15) is 5.82 Å². The largest absolute Gasteiger partial charge is 0.369 e. The third-order valence-corrected chi connectivity index (χ3v) is 2.16. The molecule has 84 valence electrons. The fourth-order valence-corrected chi connectivity index (χ4v) is 1.16. The van der Waals surface area contributed by atoms with Crippen LogP contribution in [-0.2, 0) is 6.42 Å². The van der Waals surface area contributed by atoms with E-state index in [0.717, 1.165) is 30.9 Å². The number of nitrogens with two attached hydrogens (primary N) is 1. The van der Waals surface area contributed by atoms with Crippen LogP contribution in [0.5, 0.6) is 0 Å². The minimum Gasteiger partial charge on any atom is -0.369 e. The number of nitrogens with one attached hydrogen (secondary N) is 1. The second-order valence-corrected chi connectivity index (χ2v) is 4.43. The Hall–Kier alpha value is -1.16. The van der Waals surface area contributed by atoms with Crippen LogP contribution in [0.1, 0.15) is 32.9 Å². The highest BCUT2D eigenvalue weighted by Crippen LogP contribution is 2.06. The van der Waals surface area contributed by atoms with Crippen LogP contribution in [0.25, 0.3) is 0 Å². The average molecular weight is 208 g/mol. The summed E-state index contributed by atoms with van der Waals surface area (Å²) >= 11 is 0. The molecule has 0 unspecified atom stereocenters. The van der Waals surface area contributed by atoms with Crippen molar-refractivity contribution in [3.8, 4) is 0 Å². The molecular formula is C11H20N4. The van der Waals surface area contributed by atoms with Crippen molar-refractivity contribution in [3.05, 3.63) is 17.8 Å². The molecule has 0 fully saturated rings. The van der Waals surface area contributed by atoms with Gasteiger partial charge in [0.15, 0.2) is 0 Å². The second kappa shape index (κ2) is 5.07. The summed E-state index contributed by atoms with van der Waals surface area (Å²) in [5.41, 5.74) is 6.75. The smallest absolute Gasteiger partial charge is 0.148 e. The van der Waals surface area contributed by atoms with E-state index in [1.807, 2.05) is 26.0 Å². The maximum Gasteiger partial charge on any atom is 0.148 e. The van der Waals surface area contributed by atoms with E-state index in [9.17, 15) is 0 Å². The molecule has 4 nitrogen and oxygen atoms in total. The summed E-state index contributed by atoms with van der Waals surface area (Å²) in [7, 11) is 0. The second-order valence-electron chi connectivity index (χ2n) is 4.43. The van der Waals surface area contributed by atoms with Crippen molar-refractivity contribution >= 4 is 5.82 Å². The van der Waals surface area contributed by atoms with Crippen molar-refractivity contribution in [3.63, 3.8) is 0 Å². The Labute approximate surface area is 91.3 Å². The molecule has 4 heteroatoms. The Bertz CT molecular complexity index is 286. The van der Waals surface area contributed by atoms with E-state index >= 15 is 0 Å². The fraction of sp³-hybridized carbons (Fsp3) is 0.636. The van der Waals surface area contributed by atoms with Crippen molar-refractivity contribution in [1.29, 1.82) is 0 Å². The fourth-order valence-electron chi connectivity index (χ4n) is 1.16.